The molecule has 0 heterocycles. The number of methoxy groups -OCH3 is 1. The van der Waals surface area contributed by atoms with Gasteiger partial charge < -0.3 is 10.1 Å². The van der Waals surface area contributed by atoms with Crippen molar-refractivity contribution in [3.63, 3.8) is 0 Å². The molecule has 0 aliphatic carbocycles. The second-order valence-electron chi connectivity index (χ2n) is 5.10. The third-order valence-electron chi connectivity index (χ3n) is 3.29. The molecule has 0 spiro atoms. The highest BCUT2D eigenvalue weighted by molar-refractivity contribution is 7.89. The fourth-order valence-corrected chi connectivity index (χ4v) is 3.15. The maximum atomic E-state index is 12.5. The van der Waals surface area contributed by atoms with E-state index in [4.69, 9.17) is 4.74 Å². The van der Waals surface area contributed by atoms with Gasteiger partial charge in [-0.2, -0.15) is 4.31 Å². The zero-order chi connectivity index (χ0) is 16.8. The van der Waals surface area contributed by atoms with Crippen LogP contribution in [0.15, 0.2) is 23.1 Å². The molecule has 0 saturated carbocycles. The fraction of sp³-hybridized carbons (Fsp3) is 0.533. The molecule has 1 N–H and O–H groups in total. The van der Waals surface area contributed by atoms with E-state index in [2.05, 4.69) is 5.32 Å². The largest absolute Gasteiger partial charge is 0.496 e. The van der Waals surface area contributed by atoms with Crippen LogP contribution >= 0.6 is 0 Å². The SMILES string of the molecule is CCCCNC(=O)CN(C)S(=O)(=O)c1ccc(OC)c(C)c1. The third-order valence-corrected chi connectivity index (χ3v) is 5.09. The molecule has 1 amide bonds. The van der Waals surface area contributed by atoms with E-state index in [0.29, 0.717) is 12.3 Å². The Bertz CT molecular complexity index is 614. The van der Waals surface area contributed by atoms with E-state index in [1.165, 1.54) is 20.2 Å². The number of amides is 1. The van der Waals surface area contributed by atoms with Gasteiger partial charge in [0.15, 0.2) is 0 Å². The van der Waals surface area contributed by atoms with E-state index in [9.17, 15) is 13.2 Å². The summed E-state index contributed by atoms with van der Waals surface area (Å²) in [4.78, 5) is 11.9. The number of benzene rings is 1. The van der Waals surface area contributed by atoms with Crippen molar-refractivity contribution in [3.8, 4) is 5.75 Å². The Morgan fingerprint density at radius 2 is 2.05 bits per heavy atom. The van der Waals surface area contributed by atoms with Crippen LogP contribution in [-0.2, 0) is 14.8 Å². The molecule has 0 fully saturated rings. The van der Waals surface area contributed by atoms with Crippen molar-refractivity contribution in [2.24, 2.45) is 0 Å². The lowest BCUT2D eigenvalue weighted by Gasteiger charge is -2.17. The van der Waals surface area contributed by atoms with Crippen molar-refractivity contribution in [3.05, 3.63) is 23.8 Å². The Balaban J connectivity index is 2.80. The number of carbonyl (C=O) groups excluding carboxylic acids is 1. The molecule has 0 bridgehead atoms. The Labute approximate surface area is 132 Å². The lowest BCUT2D eigenvalue weighted by atomic mass is 10.2. The molecule has 6 nitrogen and oxygen atoms in total. The Morgan fingerprint density at radius 3 is 2.59 bits per heavy atom. The number of unbranched alkanes of at least 4 members (excludes halogenated alkanes) is 1. The summed E-state index contributed by atoms with van der Waals surface area (Å²) in [5, 5.41) is 2.70. The number of ether oxygens (including phenoxy) is 1. The second-order valence-corrected chi connectivity index (χ2v) is 7.14. The lowest BCUT2D eigenvalue weighted by Crippen LogP contribution is -2.38. The van der Waals surface area contributed by atoms with Crippen LogP contribution < -0.4 is 10.1 Å². The number of hydrogen-bond acceptors (Lipinski definition) is 4. The van der Waals surface area contributed by atoms with E-state index in [1.54, 1.807) is 19.1 Å². The molecule has 0 radical (unpaired) electrons. The molecular weight excluding hydrogens is 304 g/mol. The van der Waals surface area contributed by atoms with E-state index in [1.807, 2.05) is 6.92 Å². The molecule has 1 aromatic carbocycles. The van der Waals surface area contributed by atoms with Crippen LogP contribution in [0.2, 0.25) is 0 Å². The molecule has 0 aliphatic rings. The van der Waals surface area contributed by atoms with Crippen molar-refractivity contribution in [1.29, 1.82) is 0 Å². The molecule has 0 atom stereocenters. The third kappa shape index (κ3) is 4.71. The minimum Gasteiger partial charge on any atom is -0.496 e. The summed E-state index contributed by atoms with van der Waals surface area (Å²) in [6.07, 6.45) is 1.85. The van der Waals surface area contributed by atoms with Crippen LogP contribution in [0.3, 0.4) is 0 Å². The maximum absolute atomic E-state index is 12.5. The number of hydrogen-bond donors (Lipinski definition) is 1. The quantitative estimate of drug-likeness (QED) is 0.735. The van der Waals surface area contributed by atoms with E-state index < -0.39 is 10.0 Å². The van der Waals surface area contributed by atoms with Crippen LogP contribution in [-0.4, -0.2) is 45.9 Å². The Hall–Kier alpha value is -1.60. The lowest BCUT2D eigenvalue weighted by molar-refractivity contribution is -0.121. The highest BCUT2D eigenvalue weighted by Crippen LogP contribution is 2.23. The number of nitrogens with zero attached hydrogens (tertiary/aromatic N) is 1. The number of carbonyl (C=O) groups is 1. The van der Waals surface area contributed by atoms with Crippen molar-refractivity contribution < 1.29 is 17.9 Å². The summed E-state index contributed by atoms with van der Waals surface area (Å²) >= 11 is 0. The first-order valence-electron chi connectivity index (χ1n) is 7.20. The molecule has 0 saturated heterocycles. The highest BCUT2D eigenvalue weighted by Gasteiger charge is 2.23. The summed E-state index contributed by atoms with van der Waals surface area (Å²) in [6.45, 7) is 4.16. The predicted molar refractivity (Wildman–Crippen MR) is 85.5 cm³/mol. The highest BCUT2D eigenvalue weighted by atomic mass is 32.2. The summed E-state index contributed by atoms with van der Waals surface area (Å²) in [7, 11) is -0.767. The normalized spacial score (nSPS) is 11.5. The van der Waals surface area contributed by atoms with Gasteiger partial charge in [0.1, 0.15) is 5.75 Å². The fourth-order valence-electron chi connectivity index (χ4n) is 1.94. The topological polar surface area (TPSA) is 75.7 Å². The number of likely N-dealkylation sites (N-methyl/N-ethyl adjacent to an activating group) is 1. The zero-order valence-electron chi connectivity index (χ0n) is 13.5. The monoisotopic (exact) mass is 328 g/mol. The molecule has 124 valence electrons. The van der Waals surface area contributed by atoms with E-state index in [0.717, 1.165) is 22.7 Å². The number of rotatable bonds is 8. The van der Waals surface area contributed by atoms with Gasteiger partial charge in [-0.1, -0.05) is 13.3 Å². The van der Waals surface area contributed by atoms with Crippen molar-refractivity contribution in [1.82, 2.24) is 9.62 Å². The molecule has 1 rings (SSSR count). The Kier molecular flexibility index (Phi) is 6.83. The molecule has 1 aromatic rings. The van der Waals surface area contributed by atoms with Crippen molar-refractivity contribution in [2.45, 2.75) is 31.6 Å². The number of nitrogens with one attached hydrogen (secondary N) is 1. The predicted octanol–water partition coefficient (Wildman–Crippen LogP) is 1.54. The Morgan fingerprint density at radius 1 is 1.36 bits per heavy atom. The smallest absolute Gasteiger partial charge is 0.243 e. The van der Waals surface area contributed by atoms with Gasteiger partial charge >= 0.3 is 0 Å². The van der Waals surface area contributed by atoms with Gasteiger partial charge in [0.2, 0.25) is 15.9 Å². The summed E-state index contributed by atoms with van der Waals surface area (Å²) < 4.78 is 31.1. The molecule has 0 unspecified atom stereocenters. The average Bonchev–Trinajstić information content (AvgIpc) is 2.47. The second kappa shape index (κ2) is 8.14. The first-order valence-corrected chi connectivity index (χ1v) is 8.64. The van der Waals surface area contributed by atoms with Crippen molar-refractivity contribution in [2.75, 3.05) is 27.2 Å². The van der Waals surface area contributed by atoms with E-state index >= 15 is 0 Å². The van der Waals surface area contributed by atoms with Gasteiger partial charge in [0, 0.05) is 13.6 Å². The van der Waals surface area contributed by atoms with Gasteiger partial charge in [-0.15, -0.1) is 0 Å². The molecule has 0 aromatic heterocycles. The first-order chi connectivity index (χ1) is 10.3. The van der Waals surface area contributed by atoms with Crippen molar-refractivity contribution >= 4 is 15.9 Å². The summed E-state index contributed by atoms with van der Waals surface area (Å²) in [5.41, 5.74) is 0.726. The number of sulfonamides is 1. The first kappa shape index (κ1) is 18.4. The van der Waals surface area contributed by atoms with Gasteiger partial charge in [-0.25, -0.2) is 8.42 Å². The molecule has 0 aliphatic heterocycles. The molecule has 7 heteroatoms. The molecular formula is C15H24N2O4S. The molecule has 22 heavy (non-hydrogen) atoms. The minimum atomic E-state index is -3.70. The van der Waals surface area contributed by atoms with Crippen LogP contribution in [0, 0.1) is 6.92 Å². The van der Waals surface area contributed by atoms with Gasteiger partial charge in [0.25, 0.3) is 0 Å². The summed E-state index contributed by atoms with van der Waals surface area (Å²) in [5.74, 6) is 0.323. The summed E-state index contributed by atoms with van der Waals surface area (Å²) in [6, 6.07) is 4.63. The van der Waals surface area contributed by atoms with Gasteiger partial charge in [-0.05, 0) is 37.1 Å². The average molecular weight is 328 g/mol. The van der Waals surface area contributed by atoms with Crippen LogP contribution in [0.4, 0.5) is 0 Å². The van der Waals surface area contributed by atoms with Crippen LogP contribution in [0.1, 0.15) is 25.3 Å². The maximum Gasteiger partial charge on any atom is 0.243 e. The number of aryl methyl sites for hydroxylation is 1. The minimum absolute atomic E-state index is 0.148. The van der Waals surface area contributed by atoms with Crippen LogP contribution in [0.5, 0.6) is 5.75 Å². The standard InChI is InChI=1S/C15H24N2O4S/c1-5-6-9-16-15(18)11-17(3)22(19,20)13-7-8-14(21-4)12(2)10-13/h7-8,10H,5-6,9,11H2,1-4H3,(H,16,18). The zero-order valence-corrected chi connectivity index (χ0v) is 14.4. The van der Waals surface area contributed by atoms with Gasteiger partial charge in [-0.3, -0.25) is 4.79 Å². The van der Waals surface area contributed by atoms with Crippen LogP contribution in [0.25, 0.3) is 0 Å². The van der Waals surface area contributed by atoms with E-state index in [-0.39, 0.29) is 17.3 Å². The van der Waals surface area contributed by atoms with Gasteiger partial charge in [0.05, 0.1) is 18.6 Å².